The zero-order chi connectivity index (χ0) is 28.6. The van der Waals surface area contributed by atoms with Crippen LogP contribution in [0.4, 0.5) is 13.2 Å². The van der Waals surface area contributed by atoms with Crippen LogP contribution in [0.3, 0.4) is 0 Å². The molecule has 1 N–H and O–H groups in total. The minimum Gasteiger partial charge on any atom is -0.496 e. The fourth-order valence-corrected chi connectivity index (χ4v) is 4.68. The Kier molecular flexibility index (Phi) is 7.05. The summed E-state index contributed by atoms with van der Waals surface area (Å²) in [6, 6.07) is 11.2. The number of para-hydroxylation sites is 1. The first-order valence-electron chi connectivity index (χ1n) is 12.4. The maximum Gasteiger partial charge on any atom is 0.421 e. The second-order valence-electron chi connectivity index (χ2n) is 9.42. The number of methoxy groups -OCH3 is 1. The van der Waals surface area contributed by atoms with Gasteiger partial charge in [-0.3, -0.25) is 14.9 Å². The number of hydrogen-bond donors (Lipinski definition) is 1. The van der Waals surface area contributed by atoms with Crippen LogP contribution >= 0.6 is 0 Å². The maximum absolute atomic E-state index is 13.4. The van der Waals surface area contributed by atoms with Gasteiger partial charge in [0.1, 0.15) is 29.2 Å². The Bertz CT molecular complexity index is 1780. The lowest BCUT2D eigenvalue weighted by atomic mass is 10.0. The molecule has 4 aromatic heterocycles. The van der Waals surface area contributed by atoms with Crippen molar-refractivity contribution >= 4 is 10.9 Å². The summed E-state index contributed by atoms with van der Waals surface area (Å²) in [5.41, 5.74) is 3.28. The van der Waals surface area contributed by atoms with Gasteiger partial charge in [0.05, 0.1) is 36.8 Å². The maximum atomic E-state index is 13.4. The average Bonchev–Trinajstić information content (AvgIpc) is 3.33. The lowest BCUT2D eigenvalue weighted by Gasteiger charge is -2.18. The van der Waals surface area contributed by atoms with E-state index in [1.54, 1.807) is 25.3 Å². The first-order valence-corrected chi connectivity index (χ1v) is 12.4. The molecule has 0 aliphatic rings. The minimum atomic E-state index is -4.77. The SMILES string of the molecule is COc1cc(C)nc(Cn2cccc(C(F)(F)F)c2=O)c1COc1cccc2c(-c3[nH]ncc3C)cc(C)nc12. The average molecular weight is 550 g/mol. The van der Waals surface area contributed by atoms with Crippen LogP contribution in [0.1, 0.15) is 33.8 Å². The largest absolute Gasteiger partial charge is 0.496 e. The van der Waals surface area contributed by atoms with Crippen LogP contribution in [0.5, 0.6) is 11.5 Å². The van der Waals surface area contributed by atoms with Gasteiger partial charge in [0.15, 0.2) is 0 Å². The van der Waals surface area contributed by atoms with Crippen molar-refractivity contribution in [1.82, 2.24) is 24.7 Å². The van der Waals surface area contributed by atoms with Gasteiger partial charge in [0.25, 0.3) is 5.56 Å². The van der Waals surface area contributed by atoms with E-state index in [2.05, 4.69) is 15.2 Å². The number of nitrogens with one attached hydrogen (secondary N) is 1. The van der Waals surface area contributed by atoms with E-state index in [9.17, 15) is 18.0 Å². The number of hydrogen-bond acceptors (Lipinski definition) is 6. The standard InChI is InChI=1S/C29H26F3N5O3/c1-16-13-33-36-26(16)20-11-17(2)35-27-19(20)7-5-9-24(27)40-15-21-23(34-18(3)12-25(21)39-4)14-37-10-6-8-22(28(37)38)29(30,31)32/h5-13H,14-15H2,1-4H3,(H,33,36). The van der Waals surface area contributed by atoms with Gasteiger partial charge in [0.2, 0.25) is 0 Å². The highest BCUT2D eigenvalue weighted by atomic mass is 19.4. The summed E-state index contributed by atoms with van der Waals surface area (Å²) >= 11 is 0. The Morgan fingerprint density at radius 1 is 1.00 bits per heavy atom. The quantitative estimate of drug-likeness (QED) is 0.277. The molecule has 0 bridgehead atoms. The summed E-state index contributed by atoms with van der Waals surface area (Å²) in [4.78, 5) is 21.9. The van der Waals surface area contributed by atoms with Crippen molar-refractivity contribution in [2.45, 2.75) is 40.1 Å². The molecule has 5 aromatic rings. The van der Waals surface area contributed by atoms with Gasteiger partial charge in [-0.1, -0.05) is 12.1 Å². The van der Waals surface area contributed by atoms with E-state index in [4.69, 9.17) is 14.5 Å². The lowest BCUT2D eigenvalue weighted by Crippen LogP contribution is -2.29. The van der Waals surface area contributed by atoms with Crippen molar-refractivity contribution in [2.75, 3.05) is 7.11 Å². The molecule has 0 saturated carbocycles. The number of H-pyrrole nitrogens is 1. The molecule has 0 fully saturated rings. The van der Waals surface area contributed by atoms with Crippen LogP contribution in [0.15, 0.2) is 59.7 Å². The van der Waals surface area contributed by atoms with Crippen LogP contribution in [-0.4, -0.2) is 31.8 Å². The number of rotatable bonds is 7. The molecule has 0 amide bonds. The third-order valence-electron chi connectivity index (χ3n) is 6.56. The predicted octanol–water partition coefficient (Wildman–Crippen LogP) is 5.76. The van der Waals surface area contributed by atoms with E-state index in [0.29, 0.717) is 34.0 Å². The smallest absolute Gasteiger partial charge is 0.421 e. The predicted molar refractivity (Wildman–Crippen MR) is 143 cm³/mol. The molecule has 8 nitrogen and oxygen atoms in total. The molecule has 1 aromatic carbocycles. The second-order valence-corrected chi connectivity index (χ2v) is 9.42. The molecule has 40 heavy (non-hydrogen) atoms. The van der Waals surface area contributed by atoms with E-state index >= 15 is 0 Å². The summed E-state index contributed by atoms with van der Waals surface area (Å²) in [5.74, 6) is 0.949. The van der Waals surface area contributed by atoms with Gasteiger partial charge in [-0.2, -0.15) is 18.3 Å². The van der Waals surface area contributed by atoms with Crippen LogP contribution in [0, 0.1) is 20.8 Å². The van der Waals surface area contributed by atoms with Crippen molar-refractivity contribution in [3.63, 3.8) is 0 Å². The Hall–Kier alpha value is -4.67. The van der Waals surface area contributed by atoms with E-state index in [1.165, 1.54) is 19.4 Å². The molecule has 0 radical (unpaired) electrons. The van der Waals surface area contributed by atoms with Crippen molar-refractivity contribution in [2.24, 2.45) is 0 Å². The molecule has 11 heteroatoms. The van der Waals surface area contributed by atoms with E-state index in [-0.39, 0.29) is 13.2 Å². The summed E-state index contributed by atoms with van der Waals surface area (Å²) in [6.45, 7) is 5.38. The molecule has 0 saturated heterocycles. The Morgan fingerprint density at radius 3 is 2.48 bits per heavy atom. The van der Waals surface area contributed by atoms with E-state index in [0.717, 1.165) is 38.5 Å². The monoisotopic (exact) mass is 549 g/mol. The van der Waals surface area contributed by atoms with Crippen LogP contribution in [0.2, 0.25) is 0 Å². The Labute approximate surface area is 227 Å². The van der Waals surface area contributed by atoms with Crippen molar-refractivity contribution < 1.29 is 22.6 Å². The van der Waals surface area contributed by atoms with Gasteiger partial charge < -0.3 is 14.0 Å². The second kappa shape index (κ2) is 10.5. The van der Waals surface area contributed by atoms with Crippen molar-refractivity contribution in [3.8, 4) is 22.8 Å². The highest BCUT2D eigenvalue weighted by Gasteiger charge is 2.34. The van der Waals surface area contributed by atoms with Gasteiger partial charge in [-0.25, -0.2) is 4.98 Å². The molecule has 0 unspecified atom stereocenters. The summed E-state index contributed by atoms with van der Waals surface area (Å²) < 4.78 is 52.9. The normalized spacial score (nSPS) is 11.7. The number of benzene rings is 1. The number of ether oxygens (including phenoxy) is 2. The molecule has 4 heterocycles. The minimum absolute atomic E-state index is 0.0212. The Morgan fingerprint density at radius 2 is 1.77 bits per heavy atom. The fourth-order valence-electron chi connectivity index (χ4n) is 4.68. The lowest BCUT2D eigenvalue weighted by molar-refractivity contribution is -0.138. The van der Waals surface area contributed by atoms with E-state index in [1.807, 2.05) is 32.0 Å². The molecular weight excluding hydrogens is 523 g/mol. The number of aromatic amines is 1. The fraction of sp³-hybridized carbons (Fsp3) is 0.241. The number of pyridine rings is 3. The molecule has 5 rings (SSSR count). The summed E-state index contributed by atoms with van der Waals surface area (Å²) in [5, 5.41) is 8.05. The summed E-state index contributed by atoms with van der Waals surface area (Å²) in [6.07, 6.45) is -1.71. The molecule has 0 aliphatic carbocycles. The van der Waals surface area contributed by atoms with Gasteiger partial charge in [0, 0.05) is 34.6 Å². The molecule has 0 atom stereocenters. The van der Waals surface area contributed by atoms with Gasteiger partial charge in [-0.05, 0) is 50.6 Å². The number of nitrogens with zero attached hydrogens (tertiary/aromatic N) is 4. The first-order chi connectivity index (χ1) is 19.1. The number of halogens is 3. The molecular formula is C29H26F3N5O3. The molecule has 206 valence electrons. The third-order valence-corrected chi connectivity index (χ3v) is 6.56. The topological polar surface area (TPSA) is 94.9 Å². The zero-order valence-electron chi connectivity index (χ0n) is 22.3. The highest BCUT2D eigenvalue weighted by molar-refractivity contribution is 5.97. The van der Waals surface area contributed by atoms with Crippen LogP contribution in [0.25, 0.3) is 22.2 Å². The number of fused-ring (bicyclic) bond motifs is 1. The van der Waals surface area contributed by atoms with E-state index < -0.39 is 17.3 Å². The van der Waals surface area contributed by atoms with Crippen molar-refractivity contribution in [1.29, 1.82) is 0 Å². The molecule has 0 aliphatic heterocycles. The summed E-state index contributed by atoms with van der Waals surface area (Å²) in [7, 11) is 1.49. The Balaban J connectivity index is 1.54. The molecule has 0 spiro atoms. The number of aryl methyl sites for hydroxylation is 3. The third kappa shape index (κ3) is 5.14. The number of aromatic nitrogens is 5. The number of alkyl halides is 3. The van der Waals surface area contributed by atoms with Gasteiger partial charge in [-0.15, -0.1) is 0 Å². The van der Waals surface area contributed by atoms with Crippen LogP contribution in [-0.2, 0) is 19.3 Å². The van der Waals surface area contributed by atoms with Crippen LogP contribution < -0.4 is 15.0 Å². The first kappa shape index (κ1) is 26.9. The zero-order valence-corrected chi connectivity index (χ0v) is 22.3. The van der Waals surface area contributed by atoms with Crippen molar-refractivity contribution in [3.05, 3.63) is 99.0 Å². The highest BCUT2D eigenvalue weighted by Crippen LogP contribution is 2.35. The van der Waals surface area contributed by atoms with Gasteiger partial charge >= 0.3 is 6.18 Å².